The van der Waals surface area contributed by atoms with Gasteiger partial charge in [-0.2, -0.15) is 0 Å². The molecule has 0 saturated heterocycles. The van der Waals surface area contributed by atoms with Crippen molar-refractivity contribution in [3.63, 3.8) is 0 Å². The van der Waals surface area contributed by atoms with Crippen LogP contribution in [0.4, 0.5) is 8.78 Å². The molecule has 1 aliphatic heterocycles. The van der Waals surface area contributed by atoms with E-state index < -0.39 is 23.5 Å². The molecular formula is C16H18F2N2O3. The number of benzene rings is 1. The Labute approximate surface area is 132 Å². The van der Waals surface area contributed by atoms with E-state index in [4.69, 9.17) is 4.74 Å². The Balaban J connectivity index is 2.03. The maximum absolute atomic E-state index is 13.5. The molecule has 23 heavy (non-hydrogen) atoms. The molecule has 0 bridgehead atoms. The highest BCUT2D eigenvalue weighted by atomic mass is 19.1. The maximum Gasteiger partial charge on any atom is 0.256 e. The molecule has 2 aliphatic rings. The molecule has 7 heteroatoms. The molecule has 124 valence electrons. The summed E-state index contributed by atoms with van der Waals surface area (Å²) in [6, 6.07) is 3.03. The number of hydrogen-bond donors (Lipinski definition) is 1. The van der Waals surface area contributed by atoms with E-state index in [1.165, 1.54) is 12.0 Å². The van der Waals surface area contributed by atoms with Crippen LogP contribution in [0.15, 0.2) is 23.2 Å². The number of ether oxygens (including phenoxy) is 1. The molecule has 1 fully saturated rings. The SMILES string of the molecule is COC(O)CN1C(=O)C2(CCCC2)N=C1c1cc(F)cc(F)c1. The topological polar surface area (TPSA) is 62.1 Å². The van der Waals surface area contributed by atoms with Crippen LogP contribution in [-0.2, 0) is 9.53 Å². The fourth-order valence-electron chi connectivity index (χ4n) is 3.25. The number of aliphatic hydroxyl groups excluding tert-OH is 1. The van der Waals surface area contributed by atoms with Crippen molar-refractivity contribution in [3.8, 4) is 0 Å². The minimum atomic E-state index is -1.20. The van der Waals surface area contributed by atoms with E-state index >= 15 is 0 Å². The Kier molecular flexibility index (Phi) is 4.16. The third-order valence-electron chi connectivity index (χ3n) is 4.38. The summed E-state index contributed by atoms with van der Waals surface area (Å²) in [5, 5.41) is 9.72. The van der Waals surface area contributed by atoms with Crippen molar-refractivity contribution in [1.29, 1.82) is 0 Å². The Hall–Kier alpha value is -1.86. The minimum absolute atomic E-state index is 0.131. The lowest BCUT2D eigenvalue weighted by Gasteiger charge is -2.24. The van der Waals surface area contributed by atoms with E-state index in [0.29, 0.717) is 12.8 Å². The minimum Gasteiger partial charge on any atom is -0.366 e. The number of rotatable bonds is 4. The summed E-state index contributed by atoms with van der Waals surface area (Å²) in [5.74, 6) is -1.54. The number of amidine groups is 1. The molecule has 1 aliphatic carbocycles. The van der Waals surface area contributed by atoms with Crippen LogP contribution in [0.25, 0.3) is 0 Å². The van der Waals surface area contributed by atoms with Crippen LogP contribution < -0.4 is 0 Å². The summed E-state index contributed by atoms with van der Waals surface area (Å²) in [6.07, 6.45) is 1.76. The second-order valence-corrected chi connectivity index (χ2v) is 5.94. The van der Waals surface area contributed by atoms with E-state index in [2.05, 4.69) is 4.99 Å². The van der Waals surface area contributed by atoms with Crippen molar-refractivity contribution in [2.75, 3.05) is 13.7 Å². The standard InChI is InChI=1S/C16H18F2N2O3/c1-23-13(21)9-20-14(10-6-11(17)8-12(18)7-10)19-16(15(20)22)4-2-3-5-16/h6-8,13,21H,2-5,9H2,1H3. The van der Waals surface area contributed by atoms with Gasteiger partial charge in [0.1, 0.15) is 23.0 Å². The summed E-state index contributed by atoms with van der Waals surface area (Å²) < 4.78 is 31.9. The molecule has 1 spiro atoms. The van der Waals surface area contributed by atoms with Gasteiger partial charge < -0.3 is 9.84 Å². The summed E-state index contributed by atoms with van der Waals surface area (Å²) in [7, 11) is 1.31. The van der Waals surface area contributed by atoms with Crippen LogP contribution in [0.3, 0.4) is 0 Å². The smallest absolute Gasteiger partial charge is 0.256 e. The van der Waals surface area contributed by atoms with Crippen molar-refractivity contribution in [3.05, 3.63) is 35.4 Å². The predicted molar refractivity (Wildman–Crippen MR) is 78.8 cm³/mol. The maximum atomic E-state index is 13.5. The first-order valence-electron chi connectivity index (χ1n) is 7.54. The molecule has 1 aromatic carbocycles. The quantitative estimate of drug-likeness (QED) is 0.860. The highest BCUT2D eigenvalue weighted by Crippen LogP contribution is 2.40. The number of nitrogens with zero attached hydrogens (tertiary/aromatic N) is 2. The number of aliphatic hydroxyl groups is 1. The van der Waals surface area contributed by atoms with Gasteiger partial charge in [0.25, 0.3) is 5.91 Å². The van der Waals surface area contributed by atoms with Crippen molar-refractivity contribution in [1.82, 2.24) is 4.90 Å². The van der Waals surface area contributed by atoms with E-state index in [1.54, 1.807) is 0 Å². The average Bonchev–Trinajstić information content (AvgIpc) is 3.07. The van der Waals surface area contributed by atoms with Gasteiger partial charge in [-0.15, -0.1) is 0 Å². The van der Waals surface area contributed by atoms with Crippen LogP contribution in [0.1, 0.15) is 31.2 Å². The first-order chi connectivity index (χ1) is 10.9. The molecule has 1 aromatic rings. The fourth-order valence-corrected chi connectivity index (χ4v) is 3.25. The number of hydrogen-bond acceptors (Lipinski definition) is 4. The number of amides is 1. The number of halogens is 2. The lowest BCUT2D eigenvalue weighted by atomic mass is 9.98. The monoisotopic (exact) mass is 324 g/mol. The van der Waals surface area contributed by atoms with E-state index in [9.17, 15) is 18.7 Å². The summed E-state index contributed by atoms with van der Waals surface area (Å²) in [4.78, 5) is 18.6. The molecule has 1 N–H and O–H groups in total. The van der Waals surface area contributed by atoms with Gasteiger partial charge in [0.2, 0.25) is 0 Å². The van der Waals surface area contributed by atoms with Crippen molar-refractivity contribution in [2.24, 2.45) is 4.99 Å². The lowest BCUT2D eigenvalue weighted by molar-refractivity contribution is -0.137. The van der Waals surface area contributed by atoms with Crippen LogP contribution in [0.2, 0.25) is 0 Å². The van der Waals surface area contributed by atoms with Crippen molar-refractivity contribution >= 4 is 11.7 Å². The van der Waals surface area contributed by atoms with E-state index in [1.807, 2.05) is 0 Å². The first kappa shape index (κ1) is 16.0. The van der Waals surface area contributed by atoms with Gasteiger partial charge in [-0.25, -0.2) is 8.78 Å². The Morgan fingerprint density at radius 3 is 2.48 bits per heavy atom. The molecule has 5 nitrogen and oxygen atoms in total. The second kappa shape index (κ2) is 5.98. The van der Waals surface area contributed by atoms with Crippen molar-refractivity contribution in [2.45, 2.75) is 37.5 Å². The van der Waals surface area contributed by atoms with Gasteiger partial charge in [-0.1, -0.05) is 12.8 Å². The number of carbonyl (C=O) groups is 1. The van der Waals surface area contributed by atoms with Gasteiger partial charge >= 0.3 is 0 Å². The first-order valence-corrected chi connectivity index (χ1v) is 7.54. The molecule has 1 atom stereocenters. The Morgan fingerprint density at radius 2 is 1.91 bits per heavy atom. The van der Waals surface area contributed by atoms with Crippen LogP contribution in [-0.4, -0.2) is 47.2 Å². The fraction of sp³-hybridized carbons (Fsp3) is 0.500. The Bertz CT molecular complexity index is 636. The van der Waals surface area contributed by atoms with Gasteiger partial charge in [0.15, 0.2) is 6.29 Å². The normalized spacial score (nSPS) is 21.1. The number of aliphatic imine (C=N–C) groups is 1. The van der Waals surface area contributed by atoms with E-state index in [0.717, 1.165) is 31.0 Å². The van der Waals surface area contributed by atoms with Crippen LogP contribution in [0, 0.1) is 11.6 Å². The van der Waals surface area contributed by atoms with Crippen molar-refractivity contribution < 1.29 is 23.4 Å². The average molecular weight is 324 g/mol. The van der Waals surface area contributed by atoms with Gasteiger partial charge in [-0.05, 0) is 25.0 Å². The third-order valence-corrected chi connectivity index (χ3v) is 4.38. The zero-order valence-electron chi connectivity index (χ0n) is 12.8. The second-order valence-electron chi connectivity index (χ2n) is 5.94. The highest BCUT2D eigenvalue weighted by molar-refractivity contribution is 6.15. The van der Waals surface area contributed by atoms with E-state index in [-0.39, 0.29) is 23.9 Å². The third kappa shape index (κ3) is 2.86. The molecular weight excluding hydrogens is 306 g/mol. The molecule has 1 amide bonds. The summed E-state index contributed by atoms with van der Waals surface area (Å²) in [5.41, 5.74) is -0.686. The Morgan fingerprint density at radius 1 is 1.30 bits per heavy atom. The zero-order chi connectivity index (χ0) is 16.6. The summed E-state index contributed by atoms with van der Waals surface area (Å²) in [6.45, 7) is -0.131. The molecule has 0 aromatic heterocycles. The highest BCUT2D eigenvalue weighted by Gasteiger charge is 2.50. The van der Waals surface area contributed by atoms with Crippen LogP contribution in [0.5, 0.6) is 0 Å². The largest absolute Gasteiger partial charge is 0.366 e. The molecule has 1 saturated carbocycles. The number of methoxy groups -OCH3 is 1. The lowest BCUT2D eigenvalue weighted by Crippen LogP contribution is -2.45. The molecule has 0 radical (unpaired) electrons. The number of β-amino-alcohol motifs (C(OH)–C–C–N with tert-alkyl or cyclic N) is 1. The molecule has 1 unspecified atom stereocenters. The predicted octanol–water partition coefficient (Wildman–Crippen LogP) is 1.83. The molecule has 3 rings (SSSR count). The zero-order valence-corrected chi connectivity index (χ0v) is 12.8. The van der Waals surface area contributed by atoms with Gasteiger partial charge in [0, 0.05) is 18.7 Å². The van der Waals surface area contributed by atoms with Gasteiger partial charge in [-0.3, -0.25) is 14.7 Å². The summed E-state index contributed by atoms with van der Waals surface area (Å²) >= 11 is 0. The number of carbonyl (C=O) groups excluding carboxylic acids is 1. The van der Waals surface area contributed by atoms with Crippen LogP contribution >= 0.6 is 0 Å². The van der Waals surface area contributed by atoms with Gasteiger partial charge in [0.05, 0.1) is 6.54 Å². The molecule has 1 heterocycles.